The summed E-state index contributed by atoms with van der Waals surface area (Å²) in [5.41, 5.74) is 0.483. The lowest BCUT2D eigenvalue weighted by Gasteiger charge is -2.11. The summed E-state index contributed by atoms with van der Waals surface area (Å²) >= 11 is 0. The molecule has 11 heteroatoms. The number of aromatic nitrogens is 1. The van der Waals surface area contributed by atoms with Gasteiger partial charge in [0.15, 0.2) is 0 Å². The molecule has 0 saturated carbocycles. The molecule has 0 aliphatic rings. The summed E-state index contributed by atoms with van der Waals surface area (Å²) in [4.78, 5) is 15.6. The van der Waals surface area contributed by atoms with Gasteiger partial charge in [0.1, 0.15) is 0 Å². The van der Waals surface area contributed by atoms with E-state index in [2.05, 4.69) is 20.3 Å². The average Bonchev–Trinajstić information content (AvgIpc) is 2.74. The van der Waals surface area contributed by atoms with Gasteiger partial charge < -0.3 is 10.6 Å². The van der Waals surface area contributed by atoms with Gasteiger partial charge in [-0.05, 0) is 60.2 Å². The highest BCUT2D eigenvalue weighted by Crippen LogP contribution is 2.30. The lowest BCUT2D eigenvalue weighted by molar-refractivity contribution is -0.137. The molecular weight excluding hydrogens is 433 g/mol. The third-order valence-electron chi connectivity index (χ3n) is 4.06. The summed E-state index contributed by atoms with van der Waals surface area (Å²) < 4.78 is 64.9. The Kier molecular flexibility index (Phi) is 6.44. The normalized spacial score (nSPS) is 11.6. The number of rotatable bonds is 6. The van der Waals surface area contributed by atoms with Gasteiger partial charge in [0.05, 0.1) is 10.5 Å². The van der Waals surface area contributed by atoms with E-state index < -0.39 is 27.8 Å². The number of urea groups is 1. The zero-order valence-electron chi connectivity index (χ0n) is 15.8. The second-order valence-corrected chi connectivity index (χ2v) is 8.06. The number of halogens is 3. The van der Waals surface area contributed by atoms with E-state index in [4.69, 9.17) is 0 Å². The van der Waals surface area contributed by atoms with Crippen LogP contribution in [0, 0.1) is 0 Å². The van der Waals surface area contributed by atoms with Crippen molar-refractivity contribution in [1.29, 1.82) is 0 Å². The van der Waals surface area contributed by atoms with Gasteiger partial charge in [-0.25, -0.2) is 13.2 Å². The van der Waals surface area contributed by atoms with Crippen molar-refractivity contribution in [2.75, 3.05) is 10.0 Å². The van der Waals surface area contributed by atoms with E-state index in [-0.39, 0.29) is 17.1 Å². The Balaban J connectivity index is 1.58. The first kappa shape index (κ1) is 22.1. The average molecular weight is 450 g/mol. The molecule has 31 heavy (non-hydrogen) atoms. The molecule has 0 bridgehead atoms. The largest absolute Gasteiger partial charge is 0.416 e. The number of pyridine rings is 1. The Morgan fingerprint density at radius 3 is 2.16 bits per heavy atom. The molecular formula is C20H17F3N4O3S. The van der Waals surface area contributed by atoms with Gasteiger partial charge in [-0.3, -0.25) is 9.71 Å². The van der Waals surface area contributed by atoms with E-state index in [1.165, 1.54) is 24.3 Å². The van der Waals surface area contributed by atoms with Gasteiger partial charge in [-0.2, -0.15) is 13.2 Å². The second-order valence-electron chi connectivity index (χ2n) is 6.37. The predicted octanol–water partition coefficient (Wildman–Crippen LogP) is 4.22. The topological polar surface area (TPSA) is 100 Å². The Morgan fingerprint density at radius 1 is 0.935 bits per heavy atom. The van der Waals surface area contributed by atoms with Crippen LogP contribution < -0.4 is 15.4 Å². The predicted molar refractivity (Wildman–Crippen MR) is 109 cm³/mol. The number of anilines is 2. The summed E-state index contributed by atoms with van der Waals surface area (Å²) in [6.45, 7) is 0.282. The van der Waals surface area contributed by atoms with Crippen molar-refractivity contribution in [3.05, 3.63) is 84.2 Å². The first-order valence-electron chi connectivity index (χ1n) is 8.87. The number of amides is 2. The molecule has 0 saturated heterocycles. The van der Waals surface area contributed by atoms with Gasteiger partial charge >= 0.3 is 12.2 Å². The molecule has 3 rings (SSSR count). The summed E-state index contributed by atoms with van der Waals surface area (Å²) in [6.07, 6.45) is -1.31. The maximum Gasteiger partial charge on any atom is 0.416 e. The van der Waals surface area contributed by atoms with Gasteiger partial charge in [0, 0.05) is 30.3 Å². The van der Waals surface area contributed by atoms with Gasteiger partial charge in [-0.15, -0.1) is 0 Å². The molecule has 1 aromatic heterocycles. The third-order valence-corrected chi connectivity index (χ3v) is 5.46. The number of benzene rings is 2. The number of carbonyl (C=O) groups is 1. The Labute approximate surface area is 176 Å². The van der Waals surface area contributed by atoms with E-state index in [0.29, 0.717) is 17.8 Å². The van der Waals surface area contributed by atoms with Crippen molar-refractivity contribution in [3.8, 4) is 0 Å². The summed E-state index contributed by atoms with van der Waals surface area (Å²) in [6, 6.07) is 12.1. The molecule has 0 unspecified atom stereocenters. The van der Waals surface area contributed by atoms with Crippen LogP contribution in [-0.2, 0) is 22.7 Å². The Hall–Kier alpha value is -3.60. The SMILES string of the molecule is O=C(NCc1cccnc1)Nc1ccc(NS(=O)(=O)c2ccc(C(F)(F)F)cc2)cc1. The highest BCUT2D eigenvalue weighted by molar-refractivity contribution is 7.92. The molecule has 0 radical (unpaired) electrons. The number of nitrogens with zero attached hydrogens (tertiary/aromatic N) is 1. The maximum absolute atomic E-state index is 12.6. The van der Waals surface area contributed by atoms with Crippen LogP contribution in [0.2, 0.25) is 0 Å². The van der Waals surface area contributed by atoms with E-state index in [0.717, 1.165) is 17.7 Å². The van der Waals surface area contributed by atoms with Crippen LogP contribution in [0.1, 0.15) is 11.1 Å². The number of hydrogen-bond acceptors (Lipinski definition) is 4. The monoisotopic (exact) mass is 450 g/mol. The molecule has 0 spiro atoms. The number of hydrogen-bond donors (Lipinski definition) is 3. The van der Waals surface area contributed by atoms with Gasteiger partial charge in [0.2, 0.25) is 0 Å². The summed E-state index contributed by atoms with van der Waals surface area (Å²) in [5.74, 6) is 0. The number of carbonyl (C=O) groups excluding carboxylic acids is 1. The molecule has 3 N–H and O–H groups in total. The molecule has 162 valence electrons. The van der Waals surface area contributed by atoms with E-state index in [1.54, 1.807) is 18.5 Å². The standard InChI is InChI=1S/C20H17F3N4O3S/c21-20(22,23)15-3-9-18(10-4-15)31(29,30)27-17-7-5-16(6-8-17)26-19(28)25-13-14-2-1-11-24-12-14/h1-12,27H,13H2,(H2,25,26,28). The van der Waals surface area contributed by atoms with E-state index >= 15 is 0 Å². The fourth-order valence-corrected chi connectivity index (χ4v) is 3.58. The lowest BCUT2D eigenvalue weighted by atomic mass is 10.2. The molecule has 0 atom stereocenters. The zero-order chi connectivity index (χ0) is 22.5. The minimum Gasteiger partial charge on any atom is -0.334 e. The summed E-state index contributed by atoms with van der Waals surface area (Å²) in [7, 11) is -4.07. The molecule has 0 fully saturated rings. The molecule has 2 aromatic carbocycles. The van der Waals surface area contributed by atoms with Crippen molar-refractivity contribution >= 4 is 27.4 Å². The molecule has 0 aliphatic carbocycles. The highest BCUT2D eigenvalue weighted by atomic mass is 32.2. The second kappa shape index (κ2) is 9.04. The lowest BCUT2D eigenvalue weighted by Crippen LogP contribution is -2.28. The number of alkyl halides is 3. The maximum atomic E-state index is 12.6. The quantitative estimate of drug-likeness (QED) is 0.523. The highest BCUT2D eigenvalue weighted by Gasteiger charge is 2.30. The van der Waals surface area contributed by atoms with E-state index in [9.17, 15) is 26.4 Å². The minimum atomic E-state index is -4.55. The van der Waals surface area contributed by atoms with Crippen LogP contribution >= 0.6 is 0 Å². The number of nitrogens with one attached hydrogen (secondary N) is 3. The fraction of sp³-hybridized carbons (Fsp3) is 0.100. The Bertz CT molecular complexity index is 1140. The van der Waals surface area contributed by atoms with Crippen LogP contribution in [0.25, 0.3) is 0 Å². The molecule has 3 aromatic rings. The van der Waals surface area contributed by atoms with Crippen molar-refractivity contribution in [2.45, 2.75) is 17.6 Å². The van der Waals surface area contributed by atoms with Crippen LogP contribution in [0.15, 0.2) is 78.0 Å². The van der Waals surface area contributed by atoms with Crippen molar-refractivity contribution in [1.82, 2.24) is 10.3 Å². The zero-order valence-corrected chi connectivity index (χ0v) is 16.7. The van der Waals surface area contributed by atoms with Gasteiger partial charge in [-0.1, -0.05) is 6.07 Å². The van der Waals surface area contributed by atoms with Crippen LogP contribution in [0.4, 0.5) is 29.3 Å². The summed E-state index contributed by atoms with van der Waals surface area (Å²) in [5, 5.41) is 5.26. The molecule has 1 heterocycles. The van der Waals surface area contributed by atoms with Crippen molar-refractivity contribution in [2.24, 2.45) is 0 Å². The fourth-order valence-electron chi connectivity index (χ4n) is 2.52. The first-order valence-corrected chi connectivity index (χ1v) is 10.4. The number of sulfonamides is 1. The van der Waals surface area contributed by atoms with Gasteiger partial charge in [0.25, 0.3) is 10.0 Å². The first-order chi connectivity index (χ1) is 14.6. The molecule has 2 amide bonds. The third kappa shape index (κ3) is 6.19. The van der Waals surface area contributed by atoms with Crippen LogP contribution in [-0.4, -0.2) is 19.4 Å². The van der Waals surface area contributed by atoms with Crippen LogP contribution in [0.3, 0.4) is 0 Å². The van der Waals surface area contributed by atoms with E-state index in [1.807, 2.05) is 6.07 Å². The molecule has 0 aliphatic heterocycles. The van der Waals surface area contributed by atoms with Crippen LogP contribution in [0.5, 0.6) is 0 Å². The van der Waals surface area contributed by atoms with Crippen molar-refractivity contribution < 1.29 is 26.4 Å². The Morgan fingerprint density at radius 2 is 1.58 bits per heavy atom. The molecule has 7 nitrogen and oxygen atoms in total. The minimum absolute atomic E-state index is 0.182. The van der Waals surface area contributed by atoms with Crippen molar-refractivity contribution in [3.63, 3.8) is 0 Å². The smallest absolute Gasteiger partial charge is 0.334 e.